The molecule has 0 saturated carbocycles. The van der Waals surface area contributed by atoms with Crippen LogP contribution in [0.2, 0.25) is 0 Å². The van der Waals surface area contributed by atoms with Crippen LogP contribution in [0, 0.1) is 0 Å². The maximum Gasteiger partial charge on any atom is 0.344 e. The Hall–Kier alpha value is -1.55. The van der Waals surface area contributed by atoms with E-state index in [1.807, 2.05) is 24.3 Å². The van der Waals surface area contributed by atoms with E-state index < -0.39 is 0 Å². The molecule has 0 bridgehead atoms. The van der Waals surface area contributed by atoms with Gasteiger partial charge in [-0.05, 0) is 44.0 Å². The van der Waals surface area contributed by atoms with Crippen LogP contribution < -0.4 is 10.1 Å². The summed E-state index contributed by atoms with van der Waals surface area (Å²) in [6, 6.07) is 8.31. The van der Waals surface area contributed by atoms with Crippen LogP contribution in [0.15, 0.2) is 24.3 Å². The molecule has 0 aliphatic heterocycles. The molecule has 4 nitrogen and oxygen atoms in total. The first-order chi connectivity index (χ1) is 10.2. The molecule has 0 aliphatic rings. The first-order valence-corrected chi connectivity index (χ1v) is 7.76. The Labute approximate surface area is 127 Å². The summed E-state index contributed by atoms with van der Waals surface area (Å²) in [4.78, 5) is 11.4. The summed E-state index contributed by atoms with van der Waals surface area (Å²) in [7, 11) is 0. The summed E-state index contributed by atoms with van der Waals surface area (Å²) in [5, 5.41) is 3.38. The number of hydrogen-bond donors (Lipinski definition) is 1. The highest BCUT2D eigenvalue weighted by Crippen LogP contribution is 2.13. The zero-order valence-corrected chi connectivity index (χ0v) is 13.4. The molecule has 0 fully saturated rings. The Morgan fingerprint density at radius 3 is 2.57 bits per heavy atom. The number of ether oxygens (including phenoxy) is 2. The summed E-state index contributed by atoms with van der Waals surface area (Å²) in [6.07, 6.45) is 2.89. The van der Waals surface area contributed by atoms with E-state index in [1.54, 1.807) is 0 Å². The third kappa shape index (κ3) is 7.71. The van der Waals surface area contributed by atoms with Gasteiger partial charge in [0.25, 0.3) is 0 Å². The van der Waals surface area contributed by atoms with Crippen molar-refractivity contribution in [3.63, 3.8) is 0 Å². The van der Waals surface area contributed by atoms with Gasteiger partial charge in [0.2, 0.25) is 0 Å². The smallest absolute Gasteiger partial charge is 0.344 e. The van der Waals surface area contributed by atoms with Gasteiger partial charge in [0.15, 0.2) is 6.61 Å². The SMILES string of the molecule is CCCCOC(=O)COc1ccc(CC(C)NCC)cc1. The van der Waals surface area contributed by atoms with Crippen LogP contribution >= 0.6 is 0 Å². The Morgan fingerprint density at radius 2 is 1.95 bits per heavy atom. The van der Waals surface area contributed by atoms with E-state index >= 15 is 0 Å². The molecule has 1 aromatic carbocycles. The van der Waals surface area contributed by atoms with Crippen molar-refractivity contribution in [2.75, 3.05) is 19.8 Å². The first kappa shape index (κ1) is 17.5. The third-order valence-corrected chi connectivity index (χ3v) is 3.14. The molecule has 118 valence electrons. The summed E-state index contributed by atoms with van der Waals surface area (Å²) in [6.45, 7) is 7.75. The van der Waals surface area contributed by atoms with Gasteiger partial charge in [0, 0.05) is 6.04 Å². The first-order valence-electron chi connectivity index (χ1n) is 7.76. The average Bonchev–Trinajstić information content (AvgIpc) is 2.47. The number of likely N-dealkylation sites (N-methyl/N-ethyl adjacent to an activating group) is 1. The summed E-state index contributed by atoms with van der Waals surface area (Å²) >= 11 is 0. The summed E-state index contributed by atoms with van der Waals surface area (Å²) in [5.74, 6) is 0.385. The minimum Gasteiger partial charge on any atom is -0.482 e. The summed E-state index contributed by atoms with van der Waals surface area (Å²) < 4.78 is 10.5. The molecular weight excluding hydrogens is 266 g/mol. The number of carbonyl (C=O) groups is 1. The van der Waals surface area contributed by atoms with Crippen molar-refractivity contribution in [3.8, 4) is 5.75 Å². The minimum atomic E-state index is -0.312. The van der Waals surface area contributed by atoms with Gasteiger partial charge in [-0.15, -0.1) is 0 Å². The molecule has 1 unspecified atom stereocenters. The number of nitrogens with one attached hydrogen (secondary N) is 1. The highest BCUT2D eigenvalue weighted by Gasteiger charge is 2.05. The molecule has 21 heavy (non-hydrogen) atoms. The van der Waals surface area contributed by atoms with Crippen molar-refractivity contribution in [1.29, 1.82) is 0 Å². The fourth-order valence-electron chi connectivity index (χ4n) is 2.01. The van der Waals surface area contributed by atoms with Crippen LogP contribution in [-0.4, -0.2) is 31.8 Å². The standard InChI is InChI=1S/C17H27NO3/c1-4-6-11-20-17(19)13-21-16-9-7-15(8-10-16)12-14(3)18-5-2/h7-10,14,18H,4-6,11-13H2,1-3H3. The molecule has 1 atom stereocenters. The number of hydrogen-bond acceptors (Lipinski definition) is 4. The molecule has 1 aromatic rings. The predicted octanol–water partition coefficient (Wildman–Crippen LogP) is 2.95. The van der Waals surface area contributed by atoms with E-state index in [-0.39, 0.29) is 12.6 Å². The van der Waals surface area contributed by atoms with Gasteiger partial charge < -0.3 is 14.8 Å². The molecule has 0 aliphatic carbocycles. The number of unbranched alkanes of at least 4 members (excludes halogenated alkanes) is 1. The molecule has 0 aromatic heterocycles. The molecule has 0 saturated heterocycles. The second-order valence-electron chi connectivity index (χ2n) is 5.17. The monoisotopic (exact) mass is 293 g/mol. The largest absolute Gasteiger partial charge is 0.482 e. The second-order valence-corrected chi connectivity index (χ2v) is 5.17. The van der Waals surface area contributed by atoms with Gasteiger partial charge in [0.1, 0.15) is 5.75 Å². The van der Waals surface area contributed by atoms with Gasteiger partial charge in [-0.1, -0.05) is 32.4 Å². The van der Waals surface area contributed by atoms with Gasteiger partial charge in [-0.25, -0.2) is 4.79 Å². The summed E-state index contributed by atoms with van der Waals surface area (Å²) in [5.41, 5.74) is 1.25. The lowest BCUT2D eigenvalue weighted by Crippen LogP contribution is -2.27. The van der Waals surface area contributed by atoms with E-state index in [9.17, 15) is 4.79 Å². The van der Waals surface area contributed by atoms with Crippen molar-refractivity contribution in [3.05, 3.63) is 29.8 Å². The fourth-order valence-corrected chi connectivity index (χ4v) is 2.01. The van der Waals surface area contributed by atoms with Crippen molar-refractivity contribution < 1.29 is 14.3 Å². The molecule has 4 heteroatoms. The second kappa shape index (κ2) is 10.2. The zero-order valence-electron chi connectivity index (χ0n) is 13.4. The molecule has 1 N–H and O–H groups in total. The highest BCUT2D eigenvalue weighted by atomic mass is 16.6. The zero-order chi connectivity index (χ0) is 15.5. The number of carbonyl (C=O) groups excluding carboxylic acids is 1. The quantitative estimate of drug-likeness (QED) is 0.532. The Balaban J connectivity index is 2.32. The number of benzene rings is 1. The molecular formula is C17H27NO3. The molecule has 1 rings (SSSR count). The van der Waals surface area contributed by atoms with Crippen LogP contribution in [0.4, 0.5) is 0 Å². The molecule has 0 heterocycles. The fraction of sp³-hybridized carbons (Fsp3) is 0.588. The topological polar surface area (TPSA) is 47.6 Å². The van der Waals surface area contributed by atoms with Crippen LogP contribution in [0.1, 0.15) is 39.2 Å². The van der Waals surface area contributed by atoms with Crippen molar-refractivity contribution in [2.24, 2.45) is 0 Å². The third-order valence-electron chi connectivity index (χ3n) is 3.14. The Bertz CT molecular complexity index is 403. The van der Waals surface area contributed by atoms with E-state index in [1.165, 1.54) is 5.56 Å². The lowest BCUT2D eigenvalue weighted by Gasteiger charge is -2.12. The molecule has 0 amide bonds. The molecule has 0 radical (unpaired) electrons. The van der Waals surface area contributed by atoms with Gasteiger partial charge in [0.05, 0.1) is 6.61 Å². The van der Waals surface area contributed by atoms with Gasteiger partial charge >= 0.3 is 5.97 Å². The van der Waals surface area contributed by atoms with E-state index in [0.29, 0.717) is 18.4 Å². The van der Waals surface area contributed by atoms with Gasteiger partial charge in [-0.2, -0.15) is 0 Å². The maximum absolute atomic E-state index is 11.4. The molecule has 0 spiro atoms. The normalized spacial score (nSPS) is 12.0. The van der Waals surface area contributed by atoms with Crippen LogP contribution in [0.5, 0.6) is 5.75 Å². The Morgan fingerprint density at radius 1 is 1.24 bits per heavy atom. The van der Waals surface area contributed by atoms with Crippen molar-refractivity contribution in [2.45, 2.75) is 46.1 Å². The van der Waals surface area contributed by atoms with E-state index in [2.05, 4.69) is 26.1 Å². The van der Waals surface area contributed by atoms with Crippen molar-refractivity contribution in [1.82, 2.24) is 5.32 Å². The van der Waals surface area contributed by atoms with Crippen LogP contribution in [0.3, 0.4) is 0 Å². The van der Waals surface area contributed by atoms with E-state index in [0.717, 1.165) is 25.8 Å². The average molecular weight is 293 g/mol. The Kier molecular flexibility index (Phi) is 8.51. The van der Waals surface area contributed by atoms with Crippen molar-refractivity contribution >= 4 is 5.97 Å². The number of rotatable bonds is 10. The van der Waals surface area contributed by atoms with Gasteiger partial charge in [-0.3, -0.25) is 0 Å². The predicted molar refractivity (Wildman–Crippen MR) is 84.6 cm³/mol. The van der Waals surface area contributed by atoms with Crippen LogP contribution in [0.25, 0.3) is 0 Å². The lowest BCUT2D eigenvalue weighted by molar-refractivity contribution is -0.146. The number of esters is 1. The lowest BCUT2D eigenvalue weighted by atomic mass is 10.1. The van der Waals surface area contributed by atoms with E-state index in [4.69, 9.17) is 9.47 Å². The minimum absolute atomic E-state index is 0.0309. The van der Waals surface area contributed by atoms with Crippen LogP contribution in [-0.2, 0) is 16.0 Å². The maximum atomic E-state index is 11.4. The highest BCUT2D eigenvalue weighted by molar-refractivity contribution is 5.71.